The molecular weight excluding hydrogens is 262 g/mol. The zero-order valence-electron chi connectivity index (χ0n) is 13.4. The monoisotopic (exact) mass is 289 g/mol. The molecule has 1 aromatic carbocycles. The van der Waals surface area contributed by atoms with Gasteiger partial charge >= 0.3 is 6.03 Å². The van der Waals surface area contributed by atoms with Gasteiger partial charge in [-0.25, -0.2) is 4.79 Å². The molecule has 0 spiro atoms. The van der Waals surface area contributed by atoms with Gasteiger partial charge in [0.2, 0.25) is 0 Å². The molecular formula is C17H27N3O. The lowest BCUT2D eigenvalue weighted by Crippen LogP contribution is -2.40. The standard InChI is InChI=1S/C17H27N3O/c1-13(18-2)14-9-11-15(12-10-14)19-17(21)20(3)16-7-5-4-6-8-16/h9-13,16,18H,4-8H2,1-3H3,(H,19,21). The molecule has 1 fully saturated rings. The van der Waals surface area contributed by atoms with E-state index >= 15 is 0 Å². The molecule has 0 aromatic heterocycles. The number of hydrogen-bond acceptors (Lipinski definition) is 2. The summed E-state index contributed by atoms with van der Waals surface area (Å²) in [5, 5.41) is 6.20. The summed E-state index contributed by atoms with van der Waals surface area (Å²) in [6.07, 6.45) is 6.03. The SMILES string of the molecule is CNC(C)c1ccc(NC(=O)N(C)C2CCCCC2)cc1. The van der Waals surface area contributed by atoms with Gasteiger partial charge in [-0.05, 0) is 44.5 Å². The van der Waals surface area contributed by atoms with Crippen LogP contribution < -0.4 is 10.6 Å². The van der Waals surface area contributed by atoms with Crippen LogP contribution in [0, 0.1) is 0 Å². The highest BCUT2D eigenvalue weighted by Gasteiger charge is 2.21. The van der Waals surface area contributed by atoms with E-state index < -0.39 is 0 Å². The van der Waals surface area contributed by atoms with Gasteiger partial charge in [-0.15, -0.1) is 0 Å². The Morgan fingerprint density at radius 3 is 2.38 bits per heavy atom. The number of nitrogens with zero attached hydrogens (tertiary/aromatic N) is 1. The van der Waals surface area contributed by atoms with Crippen LogP contribution >= 0.6 is 0 Å². The van der Waals surface area contributed by atoms with Gasteiger partial charge in [0.05, 0.1) is 0 Å². The Bertz CT molecular complexity index is 452. The number of anilines is 1. The molecule has 0 saturated heterocycles. The van der Waals surface area contributed by atoms with Crippen LogP contribution in [0.4, 0.5) is 10.5 Å². The van der Waals surface area contributed by atoms with Crippen molar-refractivity contribution in [3.05, 3.63) is 29.8 Å². The molecule has 0 bridgehead atoms. The fourth-order valence-electron chi connectivity index (χ4n) is 2.87. The molecule has 1 aliphatic rings. The third-order valence-electron chi connectivity index (χ3n) is 4.54. The second-order valence-corrected chi connectivity index (χ2v) is 5.97. The third-order valence-corrected chi connectivity index (χ3v) is 4.54. The van der Waals surface area contributed by atoms with E-state index in [1.54, 1.807) is 0 Å². The minimum Gasteiger partial charge on any atom is -0.325 e. The Balaban J connectivity index is 1.92. The van der Waals surface area contributed by atoms with Crippen molar-refractivity contribution in [3.63, 3.8) is 0 Å². The maximum absolute atomic E-state index is 12.3. The second-order valence-electron chi connectivity index (χ2n) is 5.97. The summed E-state index contributed by atoms with van der Waals surface area (Å²) in [5.41, 5.74) is 2.07. The Morgan fingerprint density at radius 1 is 1.19 bits per heavy atom. The van der Waals surface area contributed by atoms with Crippen LogP contribution in [0.2, 0.25) is 0 Å². The molecule has 1 unspecified atom stereocenters. The van der Waals surface area contributed by atoms with Crippen LogP contribution in [0.25, 0.3) is 0 Å². The number of rotatable bonds is 4. The Hall–Kier alpha value is -1.55. The van der Waals surface area contributed by atoms with Crippen molar-refractivity contribution in [3.8, 4) is 0 Å². The molecule has 116 valence electrons. The minimum absolute atomic E-state index is 0.00341. The van der Waals surface area contributed by atoms with Crippen LogP contribution in [-0.4, -0.2) is 31.1 Å². The number of benzene rings is 1. The van der Waals surface area contributed by atoms with E-state index in [0.29, 0.717) is 12.1 Å². The topological polar surface area (TPSA) is 44.4 Å². The van der Waals surface area contributed by atoms with Gasteiger partial charge in [-0.3, -0.25) is 0 Å². The first-order valence-corrected chi connectivity index (χ1v) is 7.93. The van der Waals surface area contributed by atoms with Gasteiger partial charge in [-0.2, -0.15) is 0 Å². The lowest BCUT2D eigenvalue weighted by atomic mass is 9.95. The third kappa shape index (κ3) is 4.21. The maximum Gasteiger partial charge on any atom is 0.321 e. The van der Waals surface area contributed by atoms with Crippen LogP contribution in [0.1, 0.15) is 50.6 Å². The molecule has 1 atom stereocenters. The van der Waals surface area contributed by atoms with Gasteiger partial charge in [0, 0.05) is 24.8 Å². The van der Waals surface area contributed by atoms with Gasteiger partial charge in [0.25, 0.3) is 0 Å². The number of amides is 2. The molecule has 0 heterocycles. The molecule has 21 heavy (non-hydrogen) atoms. The molecule has 2 amide bonds. The van der Waals surface area contributed by atoms with Gasteiger partial charge in [-0.1, -0.05) is 31.4 Å². The van der Waals surface area contributed by atoms with E-state index in [9.17, 15) is 4.79 Å². The molecule has 1 aliphatic carbocycles. The quantitative estimate of drug-likeness (QED) is 0.886. The summed E-state index contributed by atoms with van der Waals surface area (Å²) in [6, 6.07) is 8.75. The van der Waals surface area contributed by atoms with E-state index in [1.807, 2.05) is 31.1 Å². The van der Waals surface area contributed by atoms with E-state index in [-0.39, 0.29) is 6.03 Å². The molecule has 0 radical (unpaired) electrons. The number of hydrogen-bond donors (Lipinski definition) is 2. The fraction of sp³-hybridized carbons (Fsp3) is 0.588. The largest absolute Gasteiger partial charge is 0.325 e. The van der Waals surface area contributed by atoms with Crippen LogP contribution in [0.15, 0.2) is 24.3 Å². The summed E-state index contributed by atoms with van der Waals surface area (Å²) in [6.45, 7) is 2.12. The van der Waals surface area contributed by atoms with Crippen molar-refractivity contribution in [1.29, 1.82) is 0 Å². The van der Waals surface area contributed by atoms with E-state index in [1.165, 1.54) is 24.8 Å². The normalized spacial score (nSPS) is 17.3. The van der Waals surface area contributed by atoms with Crippen molar-refractivity contribution in [2.45, 2.75) is 51.1 Å². The van der Waals surface area contributed by atoms with Crippen molar-refractivity contribution < 1.29 is 4.79 Å². The van der Waals surface area contributed by atoms with Gasteiger partial charge in [0.1, 0.15) is 0 Å². The predicted octanol–water partition coefficient (Wildman–Crippen LogP) is 3.76. The fourth-order valence-corrected chi connectivity index (χ4v) is 2.87. The Kier molecular flexibility index (Phi) is 5.62. The second kappa shape index (κ2) is 7.46. The molecule has 4 nitrogen and oxygen atoms in total. The summed E-state index contributed by atoms with van der Waals surface area (Å²) >= 11 is 0. The summed E-state index contributed by atoms with van der Waals surface area (Å²) in [7, 11) is 3.85. The zero-order chi connectivity index (χ0) is 15.2. The smallest absolute Gasteiger partial charge is 0.321 e. The van der Waals surface area contributed by atoms with Crippen LogP contribution in [-0.2, 0) is 0 Å². The summed E-state index contributed by atoms with van der Waals surface area (Å²) in [4.78, 5) is 14.2. The summed E-state index contributed by atoms with van der Waals surface area (Å²) in [5.74, 6) is 0. The van der Waals surface area contributed by atoms with E-state index in [4.69, 9.17) is 0 Å². The molecule has 2 N–H and O–H groups in total. The molecule has 1 aromatic rings. The van der Waals surface area contributed by atoms with Crippen molar-refractivity contribution in [1.82, 2.24) is 10.2 Å². The first kappa shape index (κ1) is 15.8. The highest BCUT2D eigenvalue weighted by Crippen LogP contribution is 2.22. The highest BCUT2D eigenvalue weighted by atomic mass is 16.2. The lowest BCUT2D eigenvalue weighted by molar-refractivity contribution is 0.186. The predicted molar refractivity (Wildman–Crippen MR) is 87.6 cm³/mol. The van der Waals surface area contributed by atoms with Crippen LogP contribution in [0.3, 0.4) is 0 Å². The van der Waals surface area contributed by atoms with E-state index in [2.05, 4.69) is 29.7 Å². The molecule has 2 rings (SSSR count). The van der Waals surface area contributed by atoms with Crippen LogP contribution in [0.5, 0.6) is 0 Å². The maximum atomic E-state index is 12.3. The van der Waals surface area contributed by atoms with Gasteiger partial charge < -0.3 is 15.5 Å². The number of urea groups is 1. The number of nitrogens with one attached hydrogen (secondary N) is 2. The zero-order valence-corrected chi connectivity index (χ0v) is 13.4. The summed E-state index contributed by atoms with van der Waals surface area (Å²) < 4.78 is 0. The lowest BCUT2D eigenvalue weighted by Gasteiger charge is -2.31. The Labute approximate surface area is 127 Å². The molecule has 1 saturated carbocycles. The van der Waals surface area contributed by atoms with E-state index in [0.717, 1.165) is 18.5 Å². The first-order chi connectivity index (χ1) is 10.1. The average molecular weight is 289 g/mol. The number of carbonyl (C=O) groups is 1. The molecule has 0 aliphatic heterocycles. The molecule has 4 heteroatoms. The van der Waals surface area contributed by atoms with Gasteiger partial charge in [0.15, 0.2) is 0 Å². The first-order valence-electron chi connectivity index (χ1n) is 7.93. The van der Waals surface area contributed by atoms with Crippen molar-refractivity contribution in [2.24, 2.45) is 0 Å². The minimum atomic E-state index is -0.00341. The number of carbonyl (C=O) groups excluding carboxylic acids is 1. The van der Waals surface area contributed by atoms with Crippen molar-refractivity contribution >= 4 is 11.7 Å². The van der Waals surface area contributed by atoms with Crippen molar-refractivity contribution in [2.75, 3.05) is 19.4 Å². The Morgan fingerprint density at radius 2 is 1.81 bits per heavy atom. The highest BCUT2D eigenvalue weighted by molar-refractivity contribution is 5.89. The average Bonchev–Trinajstić information content (AvgIpc) is 2.55.